The van der Waals surface area contributed by atoms with Crippen molar-refractivity contribution in [3.63, 3.8) is 0 Å². The summed E-state index contributed by atoms with van der Waals surface area (Å²) in [5.74, 6) is 0.854. The summed E-state index contributed by atoms with van der Waals surface area (Å²) >= 11 is 0. The molecule has 2 aliphatic rings. The molecule has 4 rings (SSSR count). The van der Waals surface area contributed by atoms with Crippen LogP contribution in [0.5, 0.6) is 0 Å². The fraction of sp³-hybridized carbons (Fsp3) is 0.600. The van der Waals surface area contributed by atoms with Crippen LogP contribution in [0.15, 0.2) is 12.7 Å². The van der Waals surface area contributed by atoms with E-state index in [1.165, 1.54) is 6.33 Å². The van der Waals surface area contributed by atoms with Gasteiger partial charge in [-0.1, -0.05) is 0 Å². The normalized spacial score (nSPS) is 23.8. The van der Waals surface area contributed by atoms with Crippen molar-refractivity contribution in [1.82, 2.24) is 24.8 Å². The number of rotatable bonds is 4. The highest BCUT2D eigenvalue weighted by atomic mass is 16.3. The van der Waals surface area contributed by atoms with Crippen LogP contribution in [0.3, 0.4) is 0 Å². The van der Waals surface area contributed by atoms with E-state index in [0.717, 1.165) is 25.3 Å². The molecule has 3 N–H and O–H groups in total. The summed E-state index contributed by atoms with van der Waals surface area (Å²) in [7, 11) is 0. The van der Waals surface area contributed by atoms with Gasteiger partial charge < -0.3 is 25.0 Å². The van der Waals surface area contributed by atoms with Gasteiger partial charge in [0.25, 0.3) is 0 Å². The Labute approximate surface area is 138 Å². The quantitative estimate of drug-likeness (QED) is 0.662. The first-order valence-electron chi connectivity index (χ1n) is 8.07. The van der Waals surface area contributed by atoms with Gasteiger partial charge >= 0.3 is 0 Å². The highest BCUT2D eigenvalue weighted by molar-refractivity contribution is 5.84. The van der Waals surface area contributed by atoms with Crippen molar-refractivity contribution in [2.75, 3.05) is 37.7 Å². The van der Waals surface area contributed by atoms with Gasteiger partial charge in [-0.05, 0) is 6.42 Å². The minimum Gasteiger partial charge on any atom is -0.394 e. The second-order valence-electron chi connectivity index (χ2n) is 6.67. The number of hydrogen-bond donors (Lipinski definition) is 3. The predicted molar refractivity (Wildman–Crippen MR) is 85.4 cm³/mol. The first-order chi connectivity index (χ1) is 11.7. The fourth-order valence-corrected chi connectivity index (χ4v) is 3.73. The average molecular weight is 332 g/mol. The number of fused-ring (bicyclic) bond motifs is 1. The fourth-order valence-electron chi connectivity index (χ4n) is 3.73. The summed E-state index contributed by atoms with van der Waals surface area (Å²) in [6.45, 7) is 1.90. The second-order valence-corrected chi connectivity index (χ2v) is 6.67. The Bertz CT molecular complexity index is 774. The van der Waals surface area contributed by atoms with Crippen LogP contribution < -0.4 is 10.2 Å². The van der Waals surface area contributed by atoms with E-state index in [9.17, 15) is 15.0 Å². The molecule has 4 heterocycles. The third-order valence-electron chi connectivity index (χ3n) is 5.09. The monoisotopic (exact) mass is 332 g/mol. The lowest BCUT2D eigenvalue weighted by molar-refractivity contribution is -0.119. The second kappa shape index (κ2) is 5.67. The Morgan fingerprint density at radius 3 is 2.83 bits per heavy atom. The highest BCUT2D eigenvalue weighted by Crippen LogP contribution is 2.39. The maximum Gasteiger partial charge on any atom is 0.220 e. The molecule has 1 amide bonds. The number of carbonyl (C=O) groups excluding carboxylic acids is 1. The van der Waals surface area contributed by atoms with Gasteiger partial charge in [0.1, 0.15) is 6.33 Å². The SMILES string of the molecule is O=C1CC2(CCN(c3ncnc4c3ncn4C(CO)CO)C2)CN1. The largest absolute Gasteiger partial charge is 0.394 e. The van der Waals surface area contributed by atoms with E-state index in [2.05, 4.69) is 25.2 Å². The lowest BCUT2D eigenvalue weighted by Gasteiger charge is -2.22. The van der Waals surface area contributed by atoms with E-state index in [-0.39, 0.29) is 24.5 Å². The topological polar surface area (TPSA) is 116 Å². The van der Waals surface area contributed by atoms with Crippen molar-refractivity contribution in [2.24, 2.45) is 5.41 Å². The van der Waals surface area contributed by atoms with E-state index in [0.29, 0.717) is 24.1 Å². The molecular weight excluding hydrogens is 312 g/mol. The number of nitrogens with zero attached hydrogens (tertiary/aromatic N) is 5. The van der Waals surface area contributed by atoms with Gasteiger partial charge in [-0.25, -0.2) is 15.0 Å². The lowest BCUT2D eigenvalue weighted by atomic mass is 9.86. The number of aliphatic hydroxyl groups excluding tert-OH is 2. The number of amides is 1. The molecule has 0 aliphatic carbocycles. The number of nitrogens with one attached hydrogen (secondary N) is 1. The van der Waals surface area contributed by atoms with E-state index < -0.39 is 6.04 Å². The van der Waals surface area contributed by atoms with Crippen LogP contribution >= 0.6 is 0 Å². The van der Waals surface area contributed by atoms with Crippen LogP contribution in [0.25, 0.3) is 11.2 Å². The standard InChI is InChI=1S/C15H20N6O3/c22-4-10(5-23)21-9-19-12-13(17-8-18-14(12)21)20-2-1-15(7-20)3-11(24)16-6-15/h8-10,22-23H,1-7H2,(H,16,24). The molecule has 9 heteroatoms. The Morgan fingerprint density at radius 1 is 1.29 bits per heavy atom. The zero-order valence-electron chi connectivity index (χ0n) is 13.2. The third kappa shape index (κ3) is 2.31. The summed E-state index contributed by atoms with van der Waals surface area (Å²) in [4.78, 5) is 26.8. The minimum atomic E-state index is -0.473. The van der Waals surface area contributed by atoms with Gasteiger partial charge in [-0.15, -0.1) is 0 Å². The molecule has 1 unspecified atom stereocenters. The van der Waals surface area contributed by atoms with Crippen molar-refractivity contribution in [3.8, 4) is 0 Å². The van der Waals surface area contributed by atoms with E-state index in [1.807, 2.05) is 0 Å². The van der Waals surface area contributed by atoms with Crippen LogP contribution in [0, 0.1) is 5.41 Å². The van der Waals surface area contributed by atoms with Gasteiger partial charge in [-0.3, -0.25) is 4.79 Å². The zero-order valence-corrected chi connectivity index (χ0v) is 13.2. The highest BCUT2D eigenvalue weighted by Gasteiger charge is 2.44. The van der Waals surface area contributed by atoms with Crippen molar-refractivity contribution in [3.05, 3.63) is 12.7 Å². The van der Waals surface area contributed by atoms with E-state index >= 15 is 0 Å². The maximum absolute atomic E-state index is 11.6. The average Bonchev–Trinajstić information content (AvgIpc) is 3.29. The molecule has 0 radical (unpaired) electrons. The molecule has 2 saturated heterocycles. The Hall–Kier alpha value is -2.26. The first kappa shape index (κ1) is 15.3. The number of carbonyl (C=O) groups is 1. The summed E-state index contributed by atoms with van der Waals surface area (Å²) in [5, 5.41) is 21.7. The van der Waals surface area contributed by atoms with Crippen LogP contribution in [-0.2, 0) is 4.79 Å². The predicted octanol–water partition coefficient (Wildman–Crippen LogP) is -0.932. The Balaban J connectivity index is 1.67. The molecule has 2 aliphatic heterocycles. The van der Waals surface area contributed by atoms with Crippen LogP contribution in [-0.4, -0.2) is 68.5 Å². The number of anilines is 1. The number of imidazole rings is 1. The number of aliphatic hydroxyl groups is 2. The summed E-state index contributed by atoms with van der Waals surface area (Å²) in [6, 6.07) is -0.473. The molecule has 2 fully saturated rings. The lowest BCUT2D eigenvalue weighted by Crippen LogP contribution is -2.29. The molecule has 1 atom stereocenters. The molecule has 2 aromatic rings. The molecule has 24 heavy (non-hydrogen) atoms. The van der Waals surface area contributed by atoms with Crippen LogP contribution in [0.4, 0.5) is 5.82 Å². The smallest absolute Gasteiger partial charge is 0.220 e. The molecule has 2 aromatic heterocycles. The number of aromatic nitrogens is 4. The summed E-state index contributed by atoms with van der Waals surface area (Å²) in [6.07, 6.45) is 4.55. The van der Waals surface area contributed by atoms with E-state index in [1.54, 1.807) is 10.9 Å². The Morgan fingerprint density at radius 2 is 2.12 bits per heavy atom. The van der Waals surface area contributed by atoms with Gasteiger partial charge in [0.2, 0.25) is 5.91 Å². The Kier molecular flexibility index (Phi) is 3.61. The van der Waals surface area contributed by atoms with Gasteiger partial charge in [0, 0.05) is 31.5 Å². The first-order valence-corrected chi connectivity index (χ1v) is 8.07. The van der Waals surface area contributed by atoms with Gasteiger partial charge in [0.15, 0.2) is 17.0 Å². The van der Waals surface area contributed by atoms with E-state index in [4.69, 9.17) is 0 Å². The van der Waals surface area contributed by atoms with Crippen LogP contribution in [0.1, 0.15) is 18.9 Å². The van der Waals surface area contributed by atoms with Crippen molar-refractivity contribution >= 4 is 22.9 Å². The summed E-state index contributed by atoms with van der Waals surface area (Å²) < 4.78 is 1.67. The van der Waals surface area contributed by atoms with Crippen molar-refractivity contribution in [1.29, 1.82) is 0 Å². The molecule has 0 aromatic carbocycles. The van der Waals surface area contributed by atoms with Crippen molar-refractivity contribution in [2.45, 2.75) is 18.9 Å². The molecular formula is C15H20N6O3. The molecule has 9 nitrogen and oxygen atoms in total. The van der Waals surface area contributed by atoms with Gasteiger partial charge in [-0.2, -0.15) is 0 Å². The molecule has 0 bridgehead atoms. The van der Waals surface area contributed by atoms with Crippen molar-refractivity contribution < 1.29 is 15.0 Å². The maximum atomic E-state index is 11.6. The number of hydrogen-bond acceptors (Lipinski definition) is 7. The zero-order chi connectivity index (χ0) is 16.7. The van der Waals surface area contributed by atoms with Crippen LogP contribution in [0.2, 0.25) is 0 Å². The van der Waals surface area contributed by atoms with Gasteiger partial charge in [0.05, 0.1) is 25.6 Å². The minimum absolute atomic E-state index is 0.0182. The summed E-state index contributed by atoms with van der Waals surface area (Å²) in [5.41, 5.74) is 1.23. The molecule has 1 spiro atoms. The third-order valence-corrected chi connectivity index (χ3v) is 5.09. The molecule has 0 saturated carbocycles. The molecule has 128 valence electrons.